The number of carbonyl (C=O) groups is 2. The molecule has 24 heavy (non-hydrogen) atoms. The van der Waals surface area contributed by atoms with E-state index < -0.39 is 0 Å². The molecule has 0 saturated carbocycles. The average Bonchev–Trinajstić information content (AvgIpc) is 2.95. The number of rotatable bonds is 8. The van der Waals surface area contributed by atoms with E-state index in [9.17, 15) is 9.59 Å². The normalized spacial score (nSPS) is 17.0. The van der Waals surface area contributed by atoms with Gasteiger partial charge in [-0.15, -0.1) is 11.8 Å². The summed E-state index contributed by atoms with van der Waals surface area (Å²) in [4.78, 5) is 25.7. The van der Waals surface area contributed by atoms with Crippen molar-refractivity contribution in [1.29, 1.82) is 0 Å². The molecule has 0 aromatic heterocycles. The van der Waals surface area contributed by atoms with Gasteiger partial charge in [-0.2, -0.15) is 0 Å². The van der Waals surface area contributed by atoms with Crippen molar-refractivity contribution in [3.05, 3.63) is 23.8 Å². The van der Waals surface area contributed by atoms with Gasteiger partial charge in [-0.25, -0.2) is 0 Å². The fraction of sp³-hybridized carbons (Fsp3) is 0.500. The molecule has 0 unspecified atom stereocenters. The molecule has 1 heterocycles. The highest BCUT2D eigenvalue weighted by molar-refractivity contribution is 8.00. The van der Waals surface area contributed by atoms with Crippen LogP contribution in [0.3, 0.4) is 0 Å². The Balaban J connectivity index is 2.11. The molecular formula is C16H22N2O5S. The third-order valence-corrected chi connectivity index (χ3v) is 4.86. The Labute approximate surface area is 145 Å². The predicted octanol–water partition coefficient (Wildman–Crippen LogP) is 1.04. The lowest BCUT2D eigenvalue weighted by Crippen LogP contribution is -2.40. The summed E-state index contributed by atoms with van der Waals surface area (Å²) in [5.41, 5.74) is 0.896. The SMILES string of the molecule is COCCNC(=O)CN1C(=O)CS[C@@H]1c1ccc(OC)c(OC)c1. The highest BCUT2D eigenvalue weighted by atomic mass is 32.2. The lowest BCUT2D eigenvalue weighted by molar-refractivity contribution is -0.133. The van der Waals surface area contributed by atoms with Crippen molar-refractivity contribution in [2.75, 3.05) is 46.8 Å². The Kier molecular flexibility index (Phi) is 6.74. The van der Waals surface area contributed by atoms with Crippen LogP contribution in [0.15, 0.2) is 18.2 Å². The summed E-state index contributed by atoms with van der Waals surface area (Å²) >= 11 is 1.49. The summed E-state index contributed by atoms with van der Waals surface area (Å²) in [5, 5.41) is 2.51. The zero-order valence-electron chi connectivity index (χ0n) is 14.0. The van der Waals surface area contributed by atoms with Crippen molar-refractivity contribution >= 4 is 23.6 Å². The third-order valence-electron chi connectivity index (χ3n) is 3.60. The van der Waals surface area contributed by atoms with E-state index >= 15 is 0 Å². The lowest BCUT2D eigenvalue weighted by atomic mass is 10.1. The largest absolute Gasteiger partial charge is 0.493 e. The quantitative estimate of drug-likeness (QED) is 0.703. The number of methoxy groups -OCH3 is 3. The number of thioether (sulfide) groups is 1. The average molecular weight is 354 g/mol. The van der Waals surface area contributed by atoms with Gasteiger partial charge in [0.05, 0.1) is 26.6 Å². The Morgan fingerprint density at radius 1 is 1.29 bits per heavy atom. The second kappa shape index (κ2) is 8.79. The standard InChI is InChI=1S/C16H22N2O5S/c1-21-7-6-17-14(19)9-18-15(20)10-24-16(18)11-4-5-12(22-2)13(8-11)23-3/h4-5,8,16H,6-7,9-10H2,1-3H3,(H,17,19)/t16-/m1/s1. The number of hydrogen-bond acceptors (Lipinski definition) is 6. The van der Waals surface area contributed by atoms with Crippen LogP contribution in [0.1, 0.15) is 10.9 Å². The predicted molar refractivity (Wildman–Crippen MR) is 91.3 cm³/mol. The van der Waals surface area contributed by atoms with E-state index in [1.54, 1.807) is 32.3 Å². The van der Waals surface area contributed by atoms with Gasteiger partial charge in [-0.3, -0.25) is 9.59 Å². The first kappa shape index (κ1) is 18.4. The van der Waals surface area contributed by atoms with Crippen LogP contribution < -0.4 is 14.8 Å². The van der Waals surface area contributed by atoms with Gasteiger partial charge in [0.25, 0.3) is 0 Å². The molecule has 1 atom stereocenters. The Morgan fingerprint density at radius 2 is 2.04 bits per heavy atom. The van der Waals surface area contributed by atoms with Crippen LogP contribution in [0.4, 0.5) is 0 Å². The zero-order valence-corrected chi connectivity index (χ0v) is 14.9. The number of nitrogens with one attached hydrogen (secondary N) is 1. The summed E-state index contributed by atoms with van der Waals surface area (Å²) in [6, 6.07) is 5.52. The van der Waals surface area contributed by atoms with Crippen LogP contribution in [-0.2, 0) is 14.3 Å². The molecule has 1 saturated heterocycles. The summed E-state index contributed by atoms with van der Waals surface area (Å²) < 4.78 is 15.4. The molecule has 2 amide bonds. The maximum atomic E-state index is 12.1. The monoisotopic (exact) mass is 354 g/mol. The fourth-order valence-electron chi connectivity index (χ4n) is 2.41. The van der Waals surface area contributed by atoms with Crippen LogP contribution >= 0.6 is 11.8 Å². The molecular weight excluding hydrogens is 332 g/mol. The lowest BCUT2D eigenvalue weighted by Gasteiger charge is -2.24. The molecule has 132 valence electrons. The topological polar surface area (TPSA) is 77.1 Å². The van der Waals surface area contributed by atoms with E-state index in [1.807, 2.05) is 12.1 Å². The number of carbonyl (C=O) groups excluding carboxylic acids is 2. The molecule has 1 aromatic carbocycles. The molecule has 0 bridgehead atoms. The second-order valence-corrected chi connectivity index (χ2v) is 6.21. The van der Waals surface area contributed by atoms with Crippen LogP contribution in [0, 0.1) is 0 Å². The number of hydrogen-bond donors (Lipinski definition) is 1. The van der Waals surface area contributed by atoms with Crippen molar-refractivity contribution in [3.8, 4) is 11.5 Å². The maximum Gasteiger partial charge on any atom is 0.239 e. The minimum absolute atomic E-state index is 0.0224. The van der Waals surface area contributed by atoms with Crippen LogP contribution in [0.2, 0.25) is 0 Å². The van der Waals surface area contributed by atoms with Gasteiger partial charge in [0.15, 0.2) is 11.5 Å². The van der Waals surface area contributed by atoms with E-state index in [0.29, 0.717) is 30.4 Å². The summed E-state index contributed by atoms with van der Waals surface area (Å²) in [7, 11) is 4.71. The van der Waals surface area contributed by atoms with Gasteiger partial charge in [0.2, 0.25) is 11.8 Å². The molecule has 8 heteroatoms. The molecule has 0 aliphatic carbocycles. The molecule has 0 radical (unpaired) electrons. The van der Waals surface area contributed by atoms with Gasteiger partial charge in [-0.05, 0) is 17.7 Å². The number of amides is 2. The van der Waals surface area contributed by atoms with Gasteiger partial charge >= 0.3 is 0 Å². The first-order valence-corrected chi connectivity index (χ1v) is 8.54. The molecule has 1 aromatic rings. The molecule has 1 N–H and O–H groups in total. The Hall–Kier alpha value is -1.93. The van der Waals surface area contributed by atoms with Crippen LogP contribution in [0.25, 0.3) is 0 Å². The van der Waals surface area contributed by atoms with Crippen molar-refractivity contribution < 1.29 is 23.8 Å². The smallest absolute Gasteiger partial charge is 0.239 e. The number of nitrogens with zero attached hydrogens (tertiary/aromatic N) is 1. The van der Waals surface area contributed by atoms with Crippen molar-refractivity contribution in [1.82, 2.24) is 10.2 Å². The molecule has 1 fully saturated rings. The summed E-state index contributed by atoms with van der Waals surface area (Å²) in [6.07, 6.45) is 0. The number of ether oxygens (including phenoxy) is 3. The molecule has 1 aliphatic rings. The van der Waals surface area contributed by atoms with E-state index in [1.165, 1.54) is 11.8 Å². The first-order valence-electron chi connectivity index (χ1n) is 7.49. The molecule has 1 aliphatic heterocycles. The first-order chi connectivity index (χ1) is 11.6. The third kappa shape index (κ3) is 4.33. The van der Waals surface area contributed by atoms with Gasteiger partial charge in [0.1, 0.15) is 11.9 Å². The van der Waals surface area contributed by atoms with Gasteiger partial charge in [0, 0.05) is 13.7 Å². The summed E-state index contributed by atoms with van der Waals surface area (Å²) in [5.74, 6) is 1.32. The Morgan fingerprint density at radius 3 is 2.71 bits per heavy atom. The highest BCUT2D eigenvalue weighted by Gasteiger charge is 2.34. The van der Waals surface area contributed by atoms with Crippen molar-refractivity contribution in [3.63, 3.8) is 0 Å². The van der Waals surface area contributed by atoms with Crippen molar-refractivity contribution in [2.24, 2.45) is 0 Å². The van der Waals surface area contributed by atoms with Gasteiger partial charge < -0.3 is 24.4 Å². The number of benzene rings is 1. The second-order valence-electron chi connectivity index (χ2n) is 5.14. The highest BCUT2D eigenvalue weighted by Crippen LogP contribution is 2.41. The summed E-state index contributed by atoms with van der Waals surface area (Å²) in [6.45, 7) is 0.883. The Bertz CT molecular complexity index is 596. The molecule has 2 rings (SSSR count). The fourth-order valence-corrected chi connectivity index (χ4v) is 3.59. The molecule has 0 spiro atoms. The van der Waals surface area contributed by atoms with E-state index in [-0.39, 0.29) is 23.7 Å². The van der Waals surface area contributed by atoms with E-state index in [4.69, 9.17) is 14.2 Å². The van der Waals surface area contributed by atoms with E-state index in [0.717, 1.165) is 5.56 Å². The maximum absolute atomic E-state index is 12.1. The molecule has 7 nitrogen and oxygen atoms in total. The van der Waals surface area contributed by atoms with Crippen LogP contribution in [-0.4, -0.2) is 63.5 Å². The van der Waals surface area contributed by atoms with Crippen molar-refractivity contribution in [2.45, 2.75) is 5.37 Å². The minimum atomic E-state index is -0.217. The van der Waals surface area contributed by atoms with Crippen LogP contribution in [0.5, 0.6) is 11.5 Å². The van der Waals surface area contributed by atoms with E-state index in [2.05, 4.69) is 5.32 Å². The zero-order chi connectivity index (χ0) is 17.5. The van der Waals surface area contributed by atoms with Gasteiger partial charge in [-0.1, -0.05) is 6.07 Å². The minimum Gasteiger partial charge on any atom is -0.493 e.